The molecule has 3 rings (SSSR count). The van der Waals surface area contributed by atoms with E-state index < -0.39 is 0 Å². The molecule has 6 heteroatoms. The molecule has 1 aliphatic heterocycles. The van der Waals surface area contributed by atoms with Crippen molar-refractivity contribution in [2.24, 2.45) is 0 Å². The van der Waals surface area contributed by atoms with Gasteiger partial charge in [0.25, 0.3) is 0 Å². The maximum absolute atomic E-state index is 11.9. The molecule has 0 aliphatic carbocycles. The molecule has 1 aliphatic rings. The zero-order valence-electron chi connectivity index (χ0n) is 12.5. The number of aromatic nitrogens is 3. The number of fused-ring (bicyclic) bond motifs is 1. The minimum atomic E-state index is -0.154. The Bertz CT molecular complexity index is 706. The Labute approximate surface area is 128 Å². The Hall–Kier alpha value is -2.63. The van der Waals surface area contributed by atoms with Crippen LogP contribution in [0.25, 0.3) is 6.08 Å². The molecule has 2 heterocycles. The van der Waals surface area contributed by atoms with Crippen LogP contribution in [0.1, 0.15) is 23.6 Å². The van der Waals surface area contributed by atoms with E-state index in [1.54, 1.807) is 13.2 Å². The number of carbonyl (C=O) groups is 1. The molecule has 0 spiro atoms. The van der Waals surface area contributed by atoms with Crippen LogP contribution in [0.5, 0.6) is 5.75 Å². The number of carbonyl (C=O) groups excluding carboxylic acids is 1. The summed E-state index contributed by atoms with van der Waals surface area (Å²) >= 11 is 0. The van der Waals surface area contributed by atoms with E-state index in [9.17, 15) is 4.79 Å². The molecule has 1 amide bonds. The Morgan fingerprint density at radius 3 is 3.23 bits per heavy atom. The predicted molar refractivity (Wildman–Crippen MR) is 82.2 cm³/mol. The number of benzene rings is 1. The Morgan fingerprint density at radius 1 is 1.45 bits per heavy atom. The quantitative estimate of drug-likeness (QED) is 0.851. The number of nitrogens with zero attached hydrogens (tertiary/aromatic N) is 3. The number of aryl methyl sites for hydroxylation is 1. The molecule has 6 nitrogen and oxygen atoms in total. The lowest BCUT2D eigenvalue weighted by atomic mass is 10.2. The second kappa shape index (κ2) is 6.43. The summed E-state index contributed by atoms with van der Waals surface area (Å²) in [5.74, 6) is 2.44. The molecule has 0 unspecified atom stereocenters. The van der Waals surface area contributed by atoms with Gasteiger partial charge in [-0.1, -0.05) is 12.1 Å². The summed E-state index contributed by atoms with van der Waals surface area (Å²) in [5.41, 5.74) is 0.915. The molecule has 0 saturated carbocycles. The third-order valence-electron chi connectivity index (χ3n) is 3.63. The van der Waals surface area contributed by atoms with Crippen molar-refractivity contribution in [3.8, 4) is 5.75 Å². The number of hydrogen-bond donors (Lipinski definition) is 1. The molecule has 1 aromatic heterocycles. The monoisotopic (exact) mass is 298 g/mol. The van der Waals surface area contributed by atoms with Crippen LogP contribution in [-0.2, 0) is 24.3 Å². The first-order valence-corrected chi connectivity index (χ1v) is 7.27. The van der Waals surface area contributed by atoms with E-state index in [0.29, 0.717) is 6.54 Å². The van der Waals surface area contributed by atoms with Gasteiger partial charge in [0.05, 0.1) is 13.7 Å². The minimum Gasteiger partial charge on any atom is -0.497 e. The van der Waals surface area contributed by atoms with Gasteiger partial charge in [-0.05, 0) is 30.2 Å². The van der Waals surface area contributed by atoms with E-state index in [2.05, 4.69) is 20.1 Å². The molecule has 0 fully saturated rings. The third kappa shape index (κ3) is 3.16. The maximum atomic E-state index is 11.9. The average molecular weight is 298 g/mol. The van der Waals surface area contributed by atoms with Crippen molar-refractivity contribution in [1.82, 2.24) is 20.1 Å². The highest BCUT2D eigenvalue weighted by Gasteiger charge is 2.16. The van der Waals surface area contributed by atoms with E-state index in [0.717, 1.165) is 42.3 Å². The Balaban J connectivity index is 1.56. The Morgan fingerprint density at radius 2 is 2.36 bits per heavy atom. The van der Waals surface area contributed by atoms with Crippen LogP contribution in [0, 0.1) is 0 Å². The van der Waals surface area contributed by atoms with Crippen LogP contribution in [-0.4, -0.2) is 27.8 Å². The smallest absolute Gasteiger partial charge is 0.244 e. The van der Waals surface area contributed by atoms with Crippen LogP contribution in [0.4, 0.5) is 0 Å². The first-order chi connectivity index (χ1) is 10.8. The summed E-state index contributed by atoms with van der Waals surface area (Å²) in [7, 11) is 1.62. The first kappa shape index (κ1) is 14.3. The topological polar surface area (TPSA) is 69.0 Å². The van der Waals surface area contributed by atoms with E-state index >= 15 is 0 Å². The van der Waals surface area contributed by atoms with Crippen molar-refractivity contribution in [3.05, 3.63) is 47.6 Å². The van der Waals surface area contributed by atoms with Gasteiger partial charge in [0.2, 0.25) is 5.91 Å². The minimum absolute atomic E-state index is 0.154. The molecule has 0 bridgehead atoms. The molecular formula is C16H18N4O2. The van der Waals surface area contributed by atoms with Gasteiger partial charge in [-0.25, -0.2) is 0 Å². The maximum Gasteiger partial charge on any atom is 0.244 e. The van der Waals surface area contributed by atoms with Crippen molar-refractivity contribution < 1.29 is 9.53 Å². The second-order valence-corrected chi connectivity index (χ2v) is 5.12. The average Bonchev–Trinajstić information content (AvgIpc) is 3.15. The first-order valence-electron chi connectivity index (χ1n) is 7.27. The lowest BCUT2D eigenvalue weighted by molar-refractivity contribution is -0.116. The van der Waals surface area contributed by atoms with E-state index in [1.807, 2.05) is 24.3 Å². The van der Waals surface area contributed by atoms with Crippen molar-refractivity contribution in [1.29, 1.82) is 0 Å². The van der Waals surface area contributed by atoms with E-state index in [-0.39, 0.29) is 5.91 Å². The molecule has 1 N–H and O–H groups in total. The van der Waals surface area contributed by atoms with E-state index in [4.69, 9.17) is 4.74 Å². The fraction of sp³-hybridized carbons (Fsp3) is 0.312. The van der Waals surface area contributed by atoms with Crippen molar-refractivity contribution in [3.63, 3.8) is 0 Å². The number of methoxy groups -OCH3 is 1. The molecule has 0 saturated heterocycles. The Kier molecular flexibility index (Phi) is 4.18. The van der Waals surface area contributed by atoms with Crippen molar-refractivity contribution >= 4 is 12.0 Å². The highest BCUT2D eigenvalue weighted by atomic mass is 16.5. The van der Waals surface area contributed by atoms with Gasteiger partial charge in [0.15, 0.2) is 5.82 Å². The molecule has 22 heavy (non-hydrogen) atoms. The van der Waals surface area contributed by atoms with Gasteiger partial charge in [0, 0.05) is 19.0 Å². The molecule has 114 valence electrons. The van der Waals surface area contributed by atoms with Crippen LogP contribution in [0.15, 0.2) is 30.3 Å². The van der Waals surface area contributed by atoms with Gasteiger partial charge in [-0.15, -0.1) is 10.2 Å². The van der Waals surface area contributed by atoms with Gasteiger partial charge in [0.1, 0.15) is 11.6 Å². The van der Waals surface area contributed by atoms with Gasteiger partial charge >= 0.3 is 0 Å². The molecular weight excluding hydrogens is 280 g/mol. The van der Waals surface area contributed by atoms with Gasteiger partial charge in [-0.3, -0.25) is 4.79 Å². The zero-order chi connectivity index (χ0) is 15.4. The normalized spacial score (nSPS) is 13.3. The van der Waals surface area contributed by atoms with Gasteiger partial charge in [-0.2, -0.15) is 0 Å². The SMILES string of the molecule is COc1cccc(C=CC(=O)NCc2nnc3n2CCC3)c1. The predicted octanol–water partition coefficient (Wildman–Crippen LogP) is 1.56. The van der Waals surface area contributed by atoms with Crippen LogP contribution in [0.3, 0.4) is 0 Å². The molecule has 0 radical (unpaired) electrons. The number of rotatable bonds is 5. The van der Waals surface area contributed by atoms with Gasteiger partial charge < -0.3 is 14.6 Å². The van der Waals surface area contributed by atoms with Crippen LogP contribution in [0.2, 0.25) is 0 Å². The standard InChI is InChI=1S/C16H18N4O2/c1-22-13-5-2-4-12(10-13)7-8-16(21)17-11-15-19-18-14-6-3-9-20(14)15/h2,4-5,7-8,10H,3,6,9,11H2,1H3,(H,17,21). The molecule has 2 aromatic rings. The number of hydrogen-bond acceptors (Lipinski definition) is 4. The number of amides is 1. The lowest BCUT2D eigenvalue weighted by Gasteiger charge is -2.03. The summed E-state index contributed by atoms with van der Waals surface area (Å²) in [4.78, 5) is 11.9. The number of ether oxygens (including phenoxy) is 1. The summed E-state index contributed by atoms with van der Waals surface area (Å²) < 4.78 is 7.22. The van der Waals surface area contributed by atoms with Crippen LogP contribution < -0.4 is 10.1 Å². The number of nitrogens with one attached hydrogen (secondary N) is 1. The highest BCUT2D eigenvalue weighted by molar-refractivity contribution is 5.91. The largest absolute Gasteiger partial charge is 0.497 e. The van der Waals surface area contributed by atoms with Crippen LogP contribution >= 0.6 is 0 Å². The fourth-order valence-electron chi connectivity index (χ4n) is 2.48. The molecule has 0 atom stereocenters. The lowest BCUT2D eigenvalue weighted by Crippen LogP contribution is -2.22. The second-order valence-electron chi connectivity index (χ2n) is 5.12. The summed E-state index contributed by atoms with van der Waals surface area (Å²) in [6.07, 6.45) is 5.33. The zero-order valence-corrected chi connectivity index (χ0v) is 12.5. The summed E-state index contributed by atoms with van der Waals surface area (Å²) in [6.45, 7) is 1.33. The summed E-state index contributed by atoms with van der Waals surface area (Å²) in [5, 5.41) is 11.1. The third-order valence-corrected chi connectivity index (χ3v) is 3.63. The van der Waals surface area contributed by atoms with E-state index in [1.165, 1.54) is 6.08 Å². The van der Waals surface area contributed by atoms with Crippen molar-refractivity contribution in [2.45, 2.75) is 25.9 Å². The molecule has 1 aromatic carbocycles. The highest BCUT2D eigenvalue weighted by Crippen LogP contribution is 2.14. The summed E-state index contributed by atoms with van der Waals surface area (Å²) in [6, 6.07) is 7.53. The van der Waals surface area contributed by atoms with Crippen molar-refractivity contribution in [2.75, 3.05) is 7.11 Å². The fourth-order valence-corrected chi connectivity index (χ4v) is 2.48.